The predicted molar refractivity (Wildman–Crippen MR) is 65.2 cm³/mol. The van der Waals surface area contributed by atoms with Crippen LogP contribution in [0.25, 0.3) is 0 Å². The van der Waals surface area contributed by atoms with Crippen LogP contribution in [-0.2, 0) is 9.84 Å². The summed E-state index contributed by atoms with van der Waals surface area (Å²) in [4.78, 5) is 0.366. The molecule has 0 saturated heterocycles. The van der Waals surface area contributed by atoms with Gasteiger partial charge in [-0.25, -0.2) is 8.42 Å². The van der Waals surface area contributed by atoms with E-state index in [0.29, 0.717) is 10.8 Å². The molecule has 0 spiro atoms. The van der Waals surface area contributed by atoms with Gasteiger partial charge in [-0.3, -0.25) is 0 Å². The van der Waals surface area contributed by atoms with Crippen molar-refractivity contribution in [3.8, 4) is 6.07 Å². The molecule has 0 bridgehead atoms. The maximum Gasteiger partial charge on any atom is 0.180 e. The molecule has 2 rings (SSSR count). The minimum absolute atomic E-state index is 0.113. The number of rotatable bonds is 3. The Balaban J connectivity index is 2.23. The van der Waals surface area contributed by atoms with Crippen LogP contribution in [-0.4, -0.2) is 13.7 Å². The van der Waals surface area contributed by atoms with Crippen molar-refractivity contribution in [2.45, 2.75) is 36.3 Å². The molecule has 4 heteroatoms. The van der Waals surface area contributed by atoms with Crippen molar-refractivity contribution < 1.29 is 8.42 Å². The van der Waals surface area contributed by atoms with Crippen LogP contribution < -0.4 is 0 Å². The zero-order valence-electron chi connectivity index (χ0n) is 9.92. The summed E-state index contributed by atoms with van der Waals surface area (Å²) in [6, 6.07) is 9.19. The molecule has 1 aliphatic carbocycles. The molecule has 1 fully saturated rings. The SMILES string of the molecule is CC(C)S(=O)(=O)c1ccc(C2CC2C#N)cc1. The molecule has 2 unspecified atom stereocenters. The van der Waals surface area contributed by atoms with E-state index in [-0.39, 0.29) is 5.92 Å². The monoisotopic (exact) mass is 249 g/mol. The van der Waals surface area contributed by atoms with Gasteiger partial charge in [-0.2, -0.15) is 5.26 Å². The van der Waals surface area contributed by atoms with Gasteiger partial charge in [0.2, 0.25) is 0 Å². The summed E-state index contributed by atoms with van der Waals surface area (Å²) in [6.45, 7) is 3.35. The van der Waals surface area contributed by atoms with Gasteiger partial charge in [0.15, 0.2) is 9.84 Å². The van der Waals surface area contributed by atoms with E-state index in [1.54, 1.807) is 26.0 Å². The van der Waals surface area contributed by atoms with Crippen molar-refractivity contribution in [1.29, 1.82) is 5.26 Å². The highest BCUT2D eigenvalue weighted by Gasteiger charge is 2.38. The molecule has 0 N–H and O–H groups in total. The van der Waals surface area contributed by atoms with Crippen LogP contribution in [0.3, 0.4) is 0 Å². The first-order chi connectivity index (χ1) is 7.96. The Morgan fingerprint density at radius 3 is 2.29 bits per heavy atom. The molecule has 17 heavy (non-hydrogen) atoms. The van der Waals surface area contributed by atoms with Crippen molar-refractivity contribution in [2.75, 3.05) is 0 Å². The molecule has 0 aliphatic heterocycles. The summed E-state index contributed by atoms with van der Waals surface area (Å²) < 4.78 is 23.8. The molecule has 2 atom stereocenters. The molecule has 0 radical (unpaired) electrons. The van der Waals surface area contributed by atoms with Crippen LogP contribution in [0, 0.1) is 17.2 Å². The summed E-state index contributed by atoms with van der Waals surface area (Å²) in [5, 5.41) is 8.35. The molecule has 1 aromatic carbocycles. The smallest absolute Gasteiger partial charge is 0.180 e. The molecule has 3 nitrogen and oxygen atoms in total. The van der Waals surface area contributed by atoms with E-state index < -0.39 is 15.1 Å². The second-order valence-electron chi connectivity index (χ2n) is 4.74. The van der Waals surface area contributed by atoms with Gasteiger partial charge in [-0.05, 0) is 38.0 Å². The van der Waals surface area contributed by atoms with Gasteiger partial charge in [0, 0.05) is 5.92 Å². The van der Waals surface area contributed by atoms with Crippen molar-refractivity contribution in [3.05, 3.63) is 29.8 Å². The summed E-state index contributed by atoms with van der Waals surface area (Å²) in [6.07, 6.45) is 0.896. The van der Waals surface area contributed by atoms with Gasteiger partial charge in [0.25, 0.3) is 0 Å². The highest BCUT2D eigenvalue weighted by atomic mass is 32.2. The van der Waals surface area contributed by atoms with Crippen LogP contribution in [0.5, 0.6) is 0 Å². The van der Waals surface area contributed by atoms with E-state index in [1.807, 2.05) is 12.1 Å². The first kappa shape index (κ1) is 12.1. The molecule has 0 amide bonds. The topological polar surface area (TPSA) is 57.9 Å². The van der Waals surface area contributed by atoms with Gasteiger partial charge >= 0.3 is 0 Å². The zero-order valence-corrected chi connectivity index (χ0v) is 10.7. The summed E-state index contributed by atoms with van der Waals surface area (Å²) in [5.74, 6) is 0.415. The van der Waals surface area contributed by atoms with Crippen LogP contribution in [0.15, 0.2) is 29.2 Å². The first-order valence-electron chi connectivity index (χ1n) is 5.70. The number of nitriles is 1. The summed E-state index contributed by atoms with van der Waals surface area (Å²) in [7, 11) is -3.18. The Labute approximate surface area is 102 Å². The van der Waals surface area contributed by atoms with Gasteiger partial charge < -0.3 is 0 Å². The molecule has 90 valence electrons. The van der Waals surface area contributed by atoms with E-state index in [4.69, 9.17) is 5.26 Å². The lowest BCUT2D eigenvalue weighted by molar-refractivity contribution is 0.587. The fourth-order valence-corrected chi connectivity index (χ4v) is 2.94. The quantitative estimate of drug-likeness (QED) is 0.827. The first-order valence-corrected chi connectivity index (χ1v) is 7.25. The summed E-state index contributed by atoms with van der Waals surface area (Å²) >= 11 is 0. The van der Waals surface area contributed by atoms with E-state index in [2.05, 4.69) is 6.07 Å². The molecular formula is C13H15NO2S. The lowest BCUT2D eigenvalue weighted by atomic mass is 10.1. The highest BCUT2D eigenvalue weighted by Crippen LogP contribution is 2.46. The predicted octanol–water partition coefficient (Wildman–Crippen LogP) is 2.50. The molecule has 0 aromatic heterocycles. The lowest BCUT2D eigenvalue weighted by Gasteiger charge is -2.08. The van der Waals surface area contributed by atoms with E-state index >= 15 is 0 Å². The van der Waals surface area contributed by atoms with Crippen molar-refractivity contribution in [3.63, 3.8) is 0 Å². The molecule has 1 aromatic rings. The Hall–Kier alpha value is -1.34. The number of hydrogen-bond donors (Lipinski definition) is 0. The average Bonchev–Trinajstić information content (AvgIpc) is 3.08. The van der Waals surface area contributed by atoms with E-state index in [0.717, 1.165) is 12.0 Å². The standard InChI is InChI=1S/C13H15NO2S/c1-9(2)17(15,16)12-5-3-10(4-6-12)13-7-11(13)8-14/h3-6,9,11,13H,7H2,1-2H3. The Bertz CT molecular complexity index is 552. The minimum Gasteiger partial charge on any atom is -0.223 e. The van der Waals surface area contributed by atoms with E-state index in [9.17, 15) is 8.42 Å². The molecule has 0 heterocycles. The van der Waals surface area contributed by atoms with E-state index in [1.165, 1.54) is 0 Å². The third-order valence-electron chi connectivity index (χ3n) is 3.21. The van der Waals surface area contributed by atoms with Crippen LogP contribution in [0.1, 0.15) is 31.7 Å². The second kappa shape index (κ2) is 4.15. The normalized spacial score (nSPS) is 23.4. The maximum absolute atomic E-state index is 11.9. The molecule has 1 saturated carbocycles. The van der Waals surface area contributed by atoms with Crippen LogP contribution in [0.4, 0.5) is 0 Å². The van der Waals surface area contributed by atoms with Crippen LogP contribution >= 0.6 is 0 Å². The van der Waals surface area contributed by atoms with Gasteiger partial charge in [0.1, 0.15) is 0 Å². The summed E-state index contributed by atoms with van der Waals surface area (Å²) in [5.41, 5.74) is 1.07. The third kappa shape index (κ3) is 2.20. The number of sulfone groups is 1. The Morgan fingerprint density at radius 2 is 1.88 bits per heavy atom. The number of nitrogens with zero attached hydrogens (tertiary/aromatic N) is 1. The number of hydrogen-bond acceptors (Lipinski definition) is 3. The average molecular weight is 249 g/mol. The largest absolute Gasteiger partial charge is 0.223 e. The number of benzene rings is 1. The minimum atomic E-state index is -3.18. The highest BCUT2D eigenvalue weighted by molar-refractivity contribution is 7.92. The zero-order chi connectivity index (χ0) is 12.6. The van der Waals surface area contributed by atoms with Gasteiger partial charge in [-0.15, -0.1) is 0 Å². The Kier molecular flexibility index (Phi) is 2.96. The third-order valence-corrected chi connectivity index (χ3v) is 5.38. The second-order valence-corrected chi connectivity index (χ2v) is 7.24. The lowest BCUT2D eigenvalue weighted by Crippen LogP contribution is -2.13. The van der Waals surface area contributed by atoms with Gasteiger partial charge in [-0.1, -0.05) is 12.1 Å². The van der Waals surface area contributed by atoms with Gasteiger partial charge in [0.05, 0.1) is 22.1 Å². The van der Waals surface area contributed by atoms with Crippen LogP contribution in [0.2, 0.25) is 0 Å². The fourth-order valence-electron chi connectivity index (χ4n) is 1.88. The fraction of sp³-hybridized carbons (Fsp3) is 0.462. The maximum atomic E-state index is 11.9. The van der Waals surface area contributed by atoms with Crippen molar-refractivity contribution >= 4 is 9.84 Å². The van der Waals surface area contributed by atoms with Crippen molar-refractivity contribution in [2.24, 2.45) is 5.92 Å². The van der Waals surface area contributed by atoms with Crippen molar-refractivity contribution in [1.82, 2.24) is 0 Å². The molecule has 1 aliphatic rings. The molecular weight excluding hydrogens is 234 g/mol. The Morgan fingerprint density at radius 1 is 1.29 bits per heavy atom.